The summed E-state index contributed by atoms with van der Waals surface area (Å²) in [5.74, 6) is 0.0230. The topological polar surface area (TPSA) is 58.4 Å². The van der Waals surface area contributed by atoms with Gasteiger partial charge in [0, 0.05) is 18.0 Å². The molecule has 2 unspecified atom stereocenters. The molecule has 0 aromatic carbocycles. The lowest BCUT2D eigenvalue weighted by molar-refractivity contribution is -0.127. The van der Waals surface area contributed by atoms with E-state index in [0.717, 1.165) is 0 Å². The van der Waals surface area contributed by atoms with Gasteiger partial charge >= 0.3 is 0 Å². The highest BCUT2D eigenvalue weighted by Crippen LogP contribution is 2.08. The standard InChI is InChI=1S/C12H25N3OS/c1-8(7-10(13)17)15(6)9(2)11(16)14-12(3,4)5/h8-9H,7H2,1-6H3,(H2,13,17)(H,14,16). The van der Waals surface area contributed by atoms with E-state index >= 15 is 0 Å². The molecule has 0 bridgehead atoms. The van der Waals surface area contributed by atoms with Crippen LogP contribution in [-0.4, -0.2) is 40.5 Å². The van der Waals surface area contributed by atoms with Crippen LogP contribution in [0.2, 0.25) is 0 Å². The van der Waals surface area contributed by atoms with Crippen molar-refractivity contribution in [1.29, 1.82) is 0 Å². The van der Waals surface area contributed by atoms with Crippen molar-refractivity contribution in [2.75, 3.05) is 7.05 Å². The zero-order valence-electron chi connectivity index (χ0n) is 11.7. The molecule has 17 heavy (non-hydrogen) atoms. The Labute approximate surface area is 110 Å². The minimum absolute atomic E-state index is 0.0230. The third kappa shape index (κ3) is 6.58. The van der Waals surface area contributed by atoms with E-state index in [1.54, 1.807) is 0 Å². The van der Waals surface area contributed by atoms with Gasteiger partial charge in [0.15, 0.2) is 0 Å². The number of rotatable bonds is 5. The molecule has 0 aliphatic carbocycles. The van der Waals surface area contributed by atoms with Gasteiger partial charge in [-0.25, -0.2) is 0 Å². The summed E-state index contributed by atoms with van der Waals surface area (Å²) in [6.07, 6.45) is 0.624. The number of likely N-dealkylation sites (N-methyl/N-ethyl adjacent to an activating group) is 1. The van der Waals surface area contributed by atoms with Gasteiger partial charge in [0.2, 0.25) is 5.91 Å². The Kier molecular flexibility index (Phi) is 6.05. The summed E-state index contributed by atoms with van der Waals surface area (Å²) in [7, 11) is 1.91. The van der Waals surface area contributed by atoms with E-state index in [2.05, 4.69) is 5.32 Å². The van der Waals surface area contributed by atoms with Crippen LogP contribution in [0.25, 0.3) is 0 Å². The Balaban J connectivity index is 4.43. The van der Waals surface area contributed by atoms with Gasteiger partial charge in [-0.05, 0) is 41.7 Å². The summed E-state index contributed by atoms with van der Waals surface area (Å²) in [4.78, 5) is 14.4. The lowest BCUT2D eigenvalue weighted by Gasteiger charge is -2.32. The maximum absolute atomic E-state index is 12.0. The zero-order chi connectivity index (χ0) is 13.8. The molecule has 2 atom stereocenters. The molecule has 0 aliphatic rings. The lowest BCUT2D eigenvalue weighted by Crippen LogP contribution is -2.52. The smallest absolute Gasteiger partial charge is 0.237 e. The summed E-state index contributed by atoms with van der Waals surface area (Å²) in [6, 6.07) is -0.0354. The van der Waals surface area contributed by atoms with E-state index in [0.29, 0.717) is 11.4 Å². The van der Waals surface area contributed by atoms with Crippen LogP contribution in [-0.2, 0) is 4.79 Å². The van der Waals surface area contributed by atoms with Crippen molar-refractivity contribution in [3.05, 3.63) is 0 Å². The zero-order valence-corrected chi connectivity index (χ0v) is 12.5. The first-order valence-corrected chi connectivity index (χ1v) is 6.27. The molecule has 0 heterocycles. The first-order valence-electron chi connectivity index (χ1n) is 5.87. The van der Waals surface area contributed by atoms with Gasteiger partial charge in [0.25, 0.3) is 0 Å². The molecule has 0 fully saturated rings. The normalized spacial score (nSPS) is 15.5. The maximum Gasteiger partial charge on any atom is 0.237 e. The number of hydrogen-bond donors (Lipinski definition) is 2. The molecule has 100 valence electrons. The summed E-state index contributed by atoms with van der Waals surface area (Å²) in [5, 5.41) is 2.96. The molecule has 0 spiro atoms. The molecular formula is C12H25N3OS. The van der Waals surface area contributed by atoms with Crippen molar-refractivity contribution < 1.29 is 4.79 Å². The number of hydrogen-bond acceptors (Lipinski definition) is 3. The first kappa shape index (κ1) is 16.3. The van der Waals surface area contributed by atoms with Crippen molar-refractivity contribution >= 4 is 23.1 Å². The molecule has 0 radical (unpaired) electrons. The van der Waals surface area contributed by atoms with Crippen LogP contribution in [0.1, 0.15) is 41.0 Å². The van der Waals surface area contributed by atoms with Crippen LogP contribution in [0.5, 0.6) is 0 Å². The second kappa shape index (κ2) is 6.31. The lowest BCUT2D eigenvalue weighted by atomic mass is 10.1. The third-order valence-corrected chi connectivity index (χ3v) is 2.85. The molecule has 0 aromatic rings. The fourth-order valence-corrected chi connectivity index (χ4v) is 1.72. The minimum atomic E-state index is -0.210. The van der Waals surface area contributed by atoms with Gasteiger partial charge in [0.1, 0.15) is 0 Å². The highest BCUT2D eigenvalue weighted by atomic mass is 32.1. The number of nitrogens with two attached hydrogens (primary N) is 1. The molecule has 0 rings (SSSR count). The predicted octanol–water partition coefficient (Wildman–Crippen LogP) is 1.29. The average Bonchev–Trinajstić information content (AvgIpc) is 2.11. The molecule has 3 N–H and O–H groups in total. The van der Waals surface area contributed by atoms with E-state index < -0.39 is 0 Å². The van der Waals surface area contributed by atoms with Gasteiger partial charge in [-0.3, -0.25) is 9.69 Å². The van der Waals surface area contributed by atoms with Gasteiger partial charge in [-0.1, -0.05) is 12.2 Å². The molecule has 0 aromatic heterocycles. The van der Waals surface area contributed by atoms with Crippen molar-refractivity contribution in [2.24, 2.45) is 5.73 Å². The Bertz CT molecular complexity index is 286. The van der Waals surface area contributed by atoms with Gasteiger partial charge in [-0.2, -0.15) is 0 Å². The summed E-state index contributed by atoms with van der Waals surface area (Å²) >= 11 is 4.88. The van der Waals surface area contributed by atoms with Crippen LogP contribution < -0.4 is 11.1 Å². The van der Waals surface area contributed by atoms with E-state index in [-0.39, 0.29) is 23.5 Å². The quantitative estimate of drug-likeness (QED) is 0.730. The van der Waals surface area contributed by atoms with E-state index in [9.17, 15) is 4.79 Å². The van der Waals surface area contributed by atoms with E-state index in [4.69, 9.17) is 18.0 Å². The predicted molar refractivity (Wildman–Crippen MR) is 76.0 cm³/mol. The van der Waals surface area contributed by atoms with Gasteiger partial charge in [-0.15, -0.1) is 0 Å². The molecular weight excluding hydrogens is 234 g/mol. The van der Waals surface area contributed by atoms with Crippen molar-refractivity contribution in [2.45, 2.75) is 58.7 Å². The van der Waals surface area contributed by atoms with E-state index in [1.165, 1.54) is 0 Å². The maximum atomic E-state index is 12.0. The molecule has 0 aliphatic heterocycles. The minimum Gasteiger partial charge on any atom is -0.393 e. The Hall–Kier alpha value is -0.680. The van der Waals surface area contributed by atoms with Crippen LogP contribution in [0.3, 0.4) is 0 Å². The fourth-order valence-electron chi connectivity index (χ4n) is 1.48. The number of carbonyl (C=O) groups is 1. The van der Waals surface area contributed by atoms with E-state index in [1.807, 2.05) is 46.6 Å². The summed E-state index contributed by atoms with van der Waals surface area (Å²) in [6.45, 7) is 9.80. The highest BCUT2D eigenvalue weighted by molar-refractivity contribution is 7.80. The number of amides is 1. The number of nitrogens with zero attached hydrogens (tertiary/aromatic N) is 1. The SMILES string of the molecule is CC(CC(N)=S)N(C)C(C)C(=O)NC(C)(C)C. The molecule has 0 saturated carbocycles. The number of thiocarbonyl (C=S) groups is 1. The Morgan fingerprint density at radius 3 is 2.24 bits per heavy atom. The van der Waals surface area contributed by atoms with Crippen molar-refractivity contribution in [1.82, 2.24) is 10.2 Å². The van der Waals surface area contributed by atoms with Crippen LogP contribution in [0.15, 0.2) is 0 Å². The summed E-state index contributed by atoms with van der Waals surface area (Å²) < 4.78 is 0. The average molecular weight is 259 g/mol. The third-order valence-electron chi connectivity index (χ3n) is 2.68. The van der Waals surface area contributed by atoms with Gasteiger partial charge in [0.05, 0.1) is 11.0 Å². The number of nitrogens with one attached hydrogen (secondary N) is 1. The molecule has 1 amide bonds. The van der Waals surface area contributed by atoms with Crippen molar-refractivity contribution in [3.8, 4) is 0 Å². The van der Waals surface area contributed by atoms with Crippen LogP contribution >= 0.6 is 12.2 Å². The monoisotopic (exact) mass is 259 g/mol. The first-order chi connectivity index (χ1) is 7.54. The van der Waals surface area contributed by atoms with Crippen molar-refractivity contribution in [3.63, 3.8) is 0 Å². The fraction of sp³-hybridized carbons (Fsp3) is 0.833. The Morgan fingerprint density at radius 1 is 1.41 bits per heavy atom. The Morgan fingerprint density at radius 2 is 1.88 bits per heavy atom. The van der Waals surface area contributed by atoms with Crippen LogP contribution in [0.4, 0.5) is 0 Å². The van der Waals surface area contributed by atoms with Crippen LogP contribution in [0, 0.1) is 0 Å². The highest BCUT2D eigenvalue weighted by Gasteiger charge is 2.25. The molecule has 4 nitrogen and oxygen atoms in total. The second-order valence-corrected chi connectivity index (χ2v) is 6.12. The molecule has 0 saturated heterocycles. The number of carbonyl (C=O) groups excluding carboxylic acids is 1. The second-order valence-electron chi connectivity index (χ2n) is 5.60. The van der Waals surface area contributed by atoms with Gasteiger partial charge < -0.3 is 11.1 Å². The molecule has 5 heteroatoms. The summed E-state index contributed by atoms with van der Waals surface area (Å²) in [5.41, 5.74) is 5.30. The largest absolute Gasteiger partial charge is 0.393 e.